The summed E-state index contributed by atoms with van der Waals surface area (Å²) < 4.78 is 12.0. The number of hydrazone groups is 1. The normalized spacial score (nSPS) is 10.9. The Kier molecular flexibility index (Phi) is 6.61. The number of hydrogen-bond donors (Lipinski definition) is 1. The molecule has 0 spiro atoms. The van der Waals surface area contributed by atoms with Crippen molar-refractivity contribution < 1.29 is 19.2 Å². The van der Waals surface area contributed by atoms with Crippen molar-refractivity contribution in [2.45, 2.75) is 6.61 Å². The summed E-state index contributed by atoms with van der Waals surface area (Å²) in [5.74, 6) is 0.749. The maximum Gasteiger partial charge on any atom is 0.281 e. The van der Waals surface area contributed by atoms with Gasteiger partial charge in [-0.25, -0.2) is 5.43 Å². The van der Waals surface area contributed by atoms with Crippen LogP contribution in [0.15, 0.2) is 77.9 Å². The van der Waals surface area contributed by atoms with E-state index in [9.17, 15) is 14.9 Å². The van der Waals surface area contributed by atoms with Crippen LogP contribution >= 0.6 is 11.3 Å². The predicted molar refractivity (Wildman–Crippen MR) is 127 cm³/mol. The molecule has 166 valence electrons. The maximum atomic E-state index is 12.5. The van der Waals surface area contributed by atoms with Gasteiger partial charge in [-0.15, -0.1) is 11.3 Å². The van der Waals surface area contributed by atoms with Gasteiger partial charge in [0.1, 0.15) is 6.61 Å². The van der Waals surface area contributed by atoms with E-state index in [-0.39, 0.29) is 5.69 Å². The lowest BCUT2D eigenvalue weighted by molar-refractivity contribution is -0.384. The summed E-state index contributed by atoms with van der Waals surface area (Å²) in [5.41, 5.74) is 4.21. The first-order chi connectivity index (χ1) is 16.0. The fraction of sp³-hybridized carbons (Fsp3) is 0.0833. The van der Waals surface area contributed by atoms with Crippen LogP contribution in [0.25, 0.3) is 10.1 Å². The number of thiophene rings is 1. The molecule has 0 aliphatic carbocycles. The first-order valence-corrected chi connectivity index (χ1v) is 10.7. The molecule has 3 aromatic carbocycles. The monoisotopic (exact) mass is 461 g/mol. The zero-order valence-corrected chi connectivity index (χ0v) is 18.4. The standard InChI is InChI=1S/C24H19N3O5S/c1-31-20-9-7-17(11-21(20)32-15-16-5-3-2-4-6-16)14-25-26-24(28)23-13-18-12-19(27(29)30)8-10-22(18)33-23/h2-14H,15H2,1H3,(H,26,28). The lowest BCUT2D eigenvalue weighted by Gasteiger charge is -2.11. The molecule has 9 heteroatoms. The molecular weight excluding hydrogens is 442 g/mol. The van der Waals surface area contributed by atoms with E-state index < -0.39 is 10.8 Å². The molecule has 1 heterocycles. The van der Waals surface area contributed by atoms with Gasteiger partial charge in [0.15, 0.2) is 11.5 Å². The Morgan fingerprint density at radius 1 is 1.09 bits per heavy atom. The molecule has 0 fully saturated rings. The number of benzene rings is 3. The third-order valence-electron chi connectivity index (χ3n) is 4.74. The Morgan fingerprint density at radius 2 is 1.91 bits per heavy atom. The Morgan fingerprint density at radius 3 is 2.67 bits per heavy atom. The Bertz CT molecular complexity index is 1330. The number of carbonyl (C=O) groups excluding carboxylic acids is 1. The van der Waals surface area contributed by atoms with Crippen molar-refractivity contribution in [3.63, 3.8) is 0 Å². The molecule has 0 radical (unpaired) electrons. The molecule has 33 heavy (non-hydrogen) atoms. The third kappa shape index (κ3) is 5.34. The lowest BCUT2D eigenvalue weighted by Crippen LogP contribution is -2.16. The number of ether oxygens (including phenoxy) is 2. The van der Waals surface area contributed by atoms with Crippen LogP contribution in [-0.4, -0.2) is 24.2 Å². The number of rotatable bonds is 8. The molecule has 0 unspecified atom stereocenters. The average molecular weight is 461 g/mol. The summed E-state index contributed by atoms with van der Waals surface area (Å²) in [6.07, 6.45) is 1.50. The van der Waals surface area contributed by atoms with E-state index in [0.29, 0.717) is 33.9 Å². The first-order valence-electron chi connectivity index (χ1n) is 9.89. The van der Waals surface area contributed by atoms with Crippen molar-refractivity contribution in [3.05, 3.63) is 98.9 Å². The molecule has 4 rings (SSSR count). The molecule has 0 atom stereocenters. The number of amides is 1. The molecule has 1 aromatic heterocycles. The van der Waals surface area contributed by atoms with Gasteiger partial charge < -0.3 is 9.47 Å². The van der Waals surface area contributed by atoms with E-state index in [1.807, 2.05) is 30.3 Å². The van der Waals surface area contributed by atoms with Crippen LogP contribution < -0.4 is 14.9 Å². The van der Waals surface area contributed by atoms with Crippen molar-refractivity contribution in [1.82, 2.24) is 5.43 Å². The molecule has 0 bridgehead atoms. The third-order valence-corrected chi connectivity index (χ3v) is 5.85. The van der Waals surface area contributed by atoms with Gasteiger partial charge in [-0.2, -0.15) is 5.10 Å². The minimum absolute atomic E-state index is 0.0185. The second kappa shape index (κ2) is 9.92. The van der Waals surface area contributed by atoms with Gasteiger partial charge in [0.05, 0.1) is 23.1 Å². The highest BCUT2D eigenvalue weighted by atomic mass is 32.1. The number of nitrogens with one attached hydrogen (secondary N) is 1. The maximum absolute atomic E-state index is 12.5. The van der Waals surface area contributed by atoms with Crippen LogP contribution in [-0.2, 0) is 6.61 Å². The van der Waals surface area contributed by atoms with Crippen molar-refractivity contribution in [2.24, 2.45) is 5.10 Å². The zero-order valence-electron chi connectivity index (χ0n) is 17.6. The second-order valence-corrected chi connectivity index (χ2v) is 8.06. The Labute approximate surface area is 193 Å². The SMILES string of the molecule is COc1ccc(C=NNC(=O)c2cc3cc([N+](=O)[O-])ccc3s2)cc1OCc1ccccc1. The molecule has 8 nitrogen and oxygen atoms in total. The minimum atomic E-state index is -0.464. The van der Waals surface area contributed by atoms with Crippen LogP contribution in [0.3, 0.4) is 0 Å². The average Bonchev–Trinajstić information content (AvgIpc) is 3.27. The van der Waals surface area contributed by atoms with Crippen LogP contribution in [0.1, 0.15) is 20.8 Å². The van der Waals surface area contributed by atoms with Crippen LogP contribution in [0, 0.1) is 10.1 Å². The summed E-state index contributed by atoms with van der Waals surface area (Å²) in [6.45, 7) is 0.388. The summed E-state index contributed by atoms with van der Waals surface area (Å²) in [6, 6.07) is 21.2. The molecule has 0 saturated heterocycles. The molecule has 4 aromatic rings. The van der Waals surface area contributed by atoms with Crippen LogP contribution in [0.4, 0.5) is 5.69 Å². The van der Waals surface area contributed by atoms with Gasteiger partial charge in [0.2, 0.25) is 0 Å². The van der Waals surface area contributed by atoms with Gasteiger partial charge >= 0.3 is 0 Å². The Balaban J connectivity index is 1.43. The van der Waals surface area contributed by atoms with Crippen molar-refractivity contribution in [1.29, 1.82) is 0 Å². The van der Waals surface area contributed by atoms with Crippen LogP contribution in [0.5, 0.6) is 11.5 Å². The molecule has 0 saturated carbocycles. The summed E-state index contributed by atoms with van der Waals surface area (Å²) in [5, 5.41) is 15.6. The number of nitro groups is 1. The van der Waals surface area contributed by atoms with E-state index >= 15 is 0 Å². The lowest BCUT2D eigenvalue weighted by atomic mass is 10.2. The molecule has 1 N–H and O–H groups in total. The van der Waals surface area contributed by atoms with Gasteiger partial charge in [-0.05, 0) is 41.5 Å². The highest BCUT2D eigenvalue weighted by molar-refractivity contribution is 7.20. The van der Waals surface area contributed by atoms with E-state index in [0.717, 1.165) is 10.3 Å². The van der Waals surface area contributed by atoms with Crippen LogP contribution in [0.2, 0.25) is 0 Å². The molecule has 0 aliphatic rings. The fourth-order valence-corrected chi connectivity index (χ4v) is 4.03. The zero-order chi connectivity index (χ0) is 23.2. The van der Waals surface area contributed by atoms with Crippen molar-refractivity contribution in [3.8, 4) is 11.5 Å². The number of nitro benzene ring substituents is 1. The van der Waals surface area contributed by atoms with Gasteiger partial charge in [0.25, 0.3) is 11.6 Å². The van der Waals surface area contributed by atoms with E-state index in [1.54, 1.807) is 37.4 Å². The smallest absolute Gasteiger partial charge is 0.281 e. The van der Waals surface area contributed by atoms with Gasteiger partial charge in [-0.3, -0.25) is 14.9 Å². The number of hydrogen-bond acceptors (Lipinski definition) is 7. The summed E-state index contributed by atoms with van der Waals surface area (Å²) in [4.78, 5) is 23.3. The number of fused-ring (bicyclic) bond motifs is 1. The topological polar surface area (TPSA) is 103 Å². The summed E-state index contributed by atoms with van der Waals surface area (Å²) in [7, 11) is 1.57. The first kappa shape index (κ1) is 22.0. The quantitative estimate of drug-likeness (QED) is 0.222. The van der Waals surface area contributed by atoms with E-state index in [1.165, 1.54) is 29.7 Å². The molecule has 0 aliphatic heterocycles. The molecule has 1 amide bonds. The van der Waals surface area contributed by atoms with Crippen molar-refractivity contribution >= 4 is 39.2 Å². The number of carbonyl (C=O) groups is 1. The number of nitrogens with zero attached hydrogens (tertiary/aromatic N) is 2. The predicted octanol–water partition coefficient (Wildman–Crippen LogP) is 5.16. The second-order valence-electron chi connectivity index (χ2n) is 6.97. The minimum Gasteiger partial charge on any atom is -0.493 e. The fourth-order valence-electron chi connectivity index (χ4n) is 3.10. The van der Waals surface area contributed by atoms with Gasteiger partial charge in [0, 0.05) is 22.2 Å². The number of non-ortho nitro benzene ring substituents is 1. The Hall–Kier alpha value is -4.24. The summed E-state index contributed by atoms with van der Waals surface area (Å²) >= 11 is 1.24. The van der Waals surface area contributed by atoms with E-state index in [2.05, 4.69) is 10.5 Å². The van der Waals surface area contributed by atoms with Gasteiger partial charge in [-0.1, -0.05) is 30.3 Å². The number of methoxy groups -OCH3 is 1. The highest BCUT2D eigenvalue weighted by Gasteiger charge is 2.13. The highest BCUT2D eigenvalue weighted by Crippen LogP contribution is 2.30. The van der Waals surface area contributed by atoms with E-state index in [4.69, 9.17) is 9.47 Å². The van der Waals surface area contributed by atoms with Crippen molar-refractivity contribution in [2.75, 3.05) is 7.11 Å². The largest absolute Gasteiger partial charge is 0.493 e. The molecular formula is C24H19N3O5S.